The van der Waals surface area contributed by atoms with Crippen LogP contribution in [0.3, 0.4) is 0 Å². The summed E-state index contributed by atoms with van der Waals surface area (Å²) >= 11 is 5.94. The molecule has 2 rings (SSSR count). The van der Waals surface area contributed by atoms with Gasteiger partial charge in [-0.15, -0.1) is 0 Å². The van der Waals surface area contributed by atoms with Gasteiger partial charge in [0, 0.05) is 18.7 Å². The first-order valence-electron chi connectivity index (χ1n) is 7.38. The molecule has 0 aromatic heterocycles. The molecule has 2 aromatic carbocycles. The first-order valence-corrected chi connectivity index (χ1v) is 9.20. The van der Waals surface area contributed by atoms with E-state index in [-0.39, 0.29) is 10.6 Å². The summed E-state index contributed by atoms with van der Waals surface area (Å²) in [7, 11) is -2.86. The minimum absolute atomic E-state index is 0.261. The maximum absolute atomic E-state index is 12.6. The van der Waals surface area contributed by atoms with Crippen molar-refractivity contribution in [3.8, 4) is 0 Å². The molecule has 138 valence electrons. The predicted octanol–water partition coefficient (Wildman–Crippen LogP) is 2.82. The fourth-order valence-electron chi connectivity index (χ4n) is 2.17. The molecule has 26 heavy (non-hydrogen) atoms. The molecule has 0 aliphatic rings. The van der Waals surface area contributed by atoms with Gasteiger partial charge in [-0.05, 0) is 25.1 Å². The van der Waals surface area contributed by atoms with E-state index in [1.54, 1.807) is 24.3 Å². The summed E-state index contributed by atoms with van der Waals surface area (Å²) in [5.41, 5.74) is 0.393. The molecular weight excluding hydrogens is 382 g/mol. The van der Waals surface area contributed by atoms with E-state index >= 15 is 0 Å². The number of nitro groups is 1. The monoisotopic (exact) mass is 397 g/mol. The van der Waals surface area contributed by atoms with Crippen LogP contribution in [0.25, 0.3) is 0 Å². The number of carbonyl (C=O) groups is 1. The highest BCUT2D eigenvalue weighted by atomic mass is 35.5. The zero-order chi connectivity index (χ0) is 19.5. The van der Waals surface area contributed by atoms with Crippen LogP contribution in [0, 0.1) is 17.0 Å². The predicted molar refractivity (Wildman–Crippen MR) is 97.7 cm³/mol. The van der Waals surface area contributed by atoms with Crippen molar-refractivity contribution in [2.24, 2.45) is 0 Å². The number of likely N-dealkylation sites (N-methyl/N-ethyl adjacent to an activating group) is 1. The number of nitrogens with one attached hydrogen (secondary N) is 1. The van der Waals surface area contributed by atoms with Crippen molar-refractivity contribution in [2.45, 2.75) is 11.8 Å². The lowest BCUT2D eigenvalue weighted by atomic mass is 10.2. The van der Waals surface area contributed by atoms with E-state index in [0.29, 0.717) is 16.3 Å². The normalized spacial score (nSPS) is 11.4. The number of sulfonamides is 1. The van der Waals surface area contributed by atoms with Crippen LogP contribution in [0.1, 0.15) is 5.56 Å². The second-order valence-corrected chi connectivity index (χ2v) is 7.95. The van der Waals surface area contributed by atoms with Crippen LogP contribution in [0.15, 0.2) is 47.4 Å². The van der Waals surface area contributed by atoms with Crippen molar-refractivity contribution in [2.75, 3.05) is 18.9 Å². The lowest BCUT2D eigenvalue weighted by molar-refractivity contribution is -0.385. The van der Waals surface area contributed by atoms with Crippen LogP contribution < -0.4 is 5.32 Å². The lowest BCUT2D eigenvalue weighted by Gasteiger charge is -2.17. The highest BCUT2D eigenvalue weighted by molar-refractivity contribution is 7.89. The van der Waals surface area contributed by atoms with E-state index < -0.39 is 27.4 Å². The van der Waals surface area contributed by atoms with Crippen LogP contribution >= 0.6 is 11.6 Å². The molecule has 0 aliphatic heterocycles. The number of anilines is 1. The topological polar surface area (TPSA) is 110 Å². The number of hydrogen-bond acceptors (Lipinski definition) is 5. The minimum atomic E-state index is -4.07. The molecule has 0 atom stereocenters. The van der Waals surface area contributed by atoms with E-state index in [4.69, 9.17) is 11.6 Å². The van der Waals surface area contributed by atoms with Gasteiger partial charge < -0.3 is 5.32 Å². The van der Waals surface area contributed by atoms with E-state index in [1.165, 1.54) is 26.1 Å². The third-order valence-electron chi connectivity index (χ3n) is 3.60. The Labute approximate surface area is 155 Å². The molecular formula is C16H16ClN3O5S. The minimum Gasteiger partial charge on any atom is -0.324 e. The molecule has 1 N–H and O–H groups in total. The summed E-state index contributed by atoms with van der Waals surface area (Å²) in [6.07, 6.45) is 0. The zero-order valence-corrected chi connectivity index (χ0v) is 15.5. The van der Waals surface area contributed by atoms with Crippen molar-refractivity contribution in [3.63, 3.8) is 0 Å². The van der Waals surface area contributed by atoms with Gasteiger partial charge in [0.25, 0.3) is 5.69 Å². The molecule has 0 saturated heterocycles. The van der Waals surface area contributed by atoms with E-state index in [0.717, 1.165) is 10.4 Å². The van der Waals surface area contributed by atoms with Crippen molar-refractivity contribution in [3.05, 3.63) is 63.2 Å². The number of nitro benzene ring substituents is 1. The Bertz CT molecular complexity index is 962. The van der Waals surface area contributed by atoms with Crippen LogP contribution in [0.2, 0.25) is 5.02 Å². The highest BCUT2D eigenvalue weighted by Crippen LogP contribution is 2.24. The standard InChI is InChI=1S/C16H16ClN3O5S/c1-11-7-8-12(9-15(11)20(22)23)26(24,25)19(2)10-16(21)18-14-6-4-3-5-13(14)17/h3-9H,10H2,1-2H3,(H,18,21). The number of para-hydroxylation sites is 1. The van der Waals surface area contributed by atoms with Gasteiger partial charge in [-0.3, -0.25) is 14.9 Å². The highest BCUT2D eigenvalue weighted by Gasteiger charge is 2.25. The number of aryl methyl sites for hydroxylation is 1. The van der Waals surface area contributed by atoms with Gasteiger partial charge in [0.2, 0.25) is 15.9 Å². The first kappa shape index (κ1) is 19.8. The molecule has 0 unspecified atom stereocenters. The summed E-state index contributed by atoms with van der Waals surface area (Å²) in [6, 6.07) is 10.1. The summed E-state index contributed by atoms with van der Waals surface area (Å²) in [5.74, 6) is -0.592. The summed E-state index contributed by atoms with van der Waals surface area (Å²) in [6.45, 7) is 1.03. The molecule has 8 nitrogen and oxygen atoms in total. The van der Waals surface area contributed by atoms with E-state index in [1.807, 2.05) is 0 Å². The summed E-state index contributed by atoms with van der Waals surface area (Å²) in [5, 5.41) is 13.8. The number of benzene rings is 2. The SMILES string of the molecule is Cc1ccc(S(=O)(=O)N(C)CC(=O)Nc2ccccc2Cl)cc1[N+](=O)[O-]. The van der Waals surface area contributed by atoms with Gasteiger partial charge in [0.1, 0.15) is 0 Å². The van der Waals surface area contributed by atoms with Crippen molar-refractivity contribution in [1.29, 1.82) is 0 Å². The van der Waals surface area contributed by atoms with Gasteiger partial charge in [0.05, 0.1) is 27.1 Å². The molecule has 0 heterocycles. The Morgan fingerprint density at radius 2 is 1.92 bits per heavy atom. The van der Waals surface area contributed by atoms with Gasteiger partial charge in [-0.1, -0.05) is 29.8 Å². The second-order valence-electron chi connectivity index (χ2n) is 5.49. The molecule has 0 fully saturated rings. The molecule has 0 aliphatic carbocycles. The lowest BCUT2D eigenvalue weighted by Crippen LogP contribution is -2.35. The van der Waals surface area contributed by atoms with Gasteiger partial charge in [-0.25, -0.2) is 8.42 Å². The van der Waals surface area contributed by atoms with Crippen molar-refractivity contribution >= 4 is 38.9 Å². The number of rotatable bonds is 6. The number of nitrogens with zero attached hydrogens (tertiary/aromatic N) is 2. The van der Waals surface area contributed by atoms with Crippen LogP contribution in [-0.2, 0) is 14.8 Å². The number of carbonyl (C=O) groups excluding carboxylic acids is 1. The Kier molecular flexibility index (Phi) is 5.96. The molecule has 0 saturated carbocycles. The maximum Gasteiger partial charge on any atom is 0.273 e. The van der Waals surface area contributed by atoms with Gasteiger partial charge >= 0.3 is 0 Å². The van der Waals surface area contributed by atoms with Crippen molar-refractivity contribution < 1.29 is 18.1 Å². The first-order chi connectivity index (χ1) is 12.1. The quantitative estimate of drug-likeness (QED) is 0.595. The van der Waals surface area contributed by atoms with Crippen LogP contribution in [-0.4, -0.2) is 37.1 Å². The van der Waals surface area contributed by atoms with Gasteiger partial charge in [-0.2, -0.15) is 4.31 Å². The van der Waals surface area contributed by atoms with Crippen molar-refractivity contribution in [1.82, 2.24) is 4.31 Å². The average Bonchev–Trinajstić information content (AvgIpc) is 2.56. The molecule has 1 amide bonds. The van der Waals surface area contributed by atoms with Gasteiger partial charge in [0.15, 0.2) is 0 Å². The number of hydrogen-bond donors (Lipinski definition) is 1. The molecule has 0 radical (unpaired) electrons. The maximum atomic E-state index is 12.6. The second kappa shape index (κ2) is 7.81. The smallest absolute Gasteiger partial charge is 0.273 e. The molecule has 0 spiro atoms. The average molecular weight is 398 g/mol. The zero-order valence-electron chi connectivity index (χ0n) is 14.0. The van der Waals surface area contributed by atoms with Crippen LogP contribution in [0.5, 0.6) is 0 Å². The number of halogens is 1. The summed E-state index contributed by atoms with van der Waals surface area (Å²) < 4.78 is 26.0. The molecule has 10 heteroatoms. The Morgan fingerprint density at radius 1 is 1.27 bits per heavy atom. The Morgan fingerprint density at radius 3 is 2.54 bits per heavy atom. The van der Waals surface area contributed by atoms with Crippen LogP contribution in [0.4, 0.5) is 11.4 Å². The van der Waals surface area contributed by atoms with E-state index in [9.17, 15) is 23.3 Å². The molecule has 0 bridgehead atoms. The Balaban J connectivity index is 2.19. The summed E-state index contributed by atoms with van der Waals surface area (Å²) in [4.78, 5) is 22.2. The number of amides is 1. The fraction of sp³-hybridized carbons (Fsp3) is 0.188. The molecule has 2 aromatic rings. The third kappa shape index (κ3) is 4.37. The Hall–Kier alpha value is -2.49. The largest absolute Gasteiger partial charge is 0.324 e. The van der Waals surface area contributed by atoms with E-state index in [2.05, 4.69) is 5.32 Å². The third-order valence-corrected chi connectivity index (χ3v) is 5.73. The fourth-order valence-corrected chi connectivity index (χ4v) is 3.50.